The van der Waals surface area contributed by atoms with Gasteiger partial charge in [0.1, 0.15) is 23.8 Å². The van der Waals surface area contributed by atoms with Crippen molar-refractivity contribution in [2.24, 2.45) is 5.16 Å². The normalized spacial score (nSPS) is 13.0. The third kappa shape index (κ3) is 4.54. The van der Waals surface area contributed by atoms with Crippen molar-refractivity contribution in [1.82, 2.24) is 4.98 Å². The van der Waals surface area contributed by atoms with Gasteiger partial charge in [0.05, 0.1) is 13.5 Å². The van der Waals surface area contributed by atoms with Crippen molar-refractivity contribution in [3.8, 4) is 28.5 Å². The van der Waals surface area contributed by atoms with E-state index < -0.39 is 17.6 Å². The number of hydrogen-bond acceptors (Lipinski definition) is 7. The van der Waals surface area contributed by atoms with Crippen LogP contribution in [0.15, 0.2) is 41.6 Å². The number of pyridine rings is 1. The van der Waals surface area contributed by atoms with Crippen molar-refractivity contribution in [2.75, 3.05) is 13.7 Å². The van der Waals surface area contributed by atoms with Gasteiger partial charge in [0, 0.05) is 17.7 Å². The maximum Gasteiger partial charge on any atom is 0.340 e. The Balaban J connectivity index is 1.61. The molecule has 2 heterocycles. The van der Waals surface area contributed by atoms with Gasteiger partial charge in [0.25, 0.3) is 0 Å². The lowest BCUT2D eigenvalue weighted by molar-refractivity contribution is -0.140. The molecule has 2 aromatic carbocycles. The number of methoxy groups -OCH3 is 1. The van der Waals surface area contributed by atoms with Crippen LogP contribution >= 0.6 is 0 Å². The standard InChI is InChI=1S/C25H22F2N2O5/c1-13-9-21(33-12-16-11-22(31)34-29-16)23(26)14(2)18(13)10-15-7-8-19(30)25(28-15)17-5-4-6-20(32-3)24(17)27/h4-9,30H,10-12H2,1-3H3. The van der Waals surface area contributed by atoms with Crippen LogP contribution in [0.4, 0.5) is 8.78 Å². The van der Waals surface area contributed by atoms with E-state index in [0.29, 0.717) is 22.5 Å². The van der Waals surface area contributed by atoms with Crippen molar-refractivity contribution < 1.29 is 33.0 Å². The maximum absolute atomic E-state index is 15.1. The minimum absolute atomic E-state index is 0.0143. The molecule has 0 aliphatic carbocycles. The molecular formula is C25H22F2N2O5. The summed E-state index contributed by atoms with van der Waals surface area (Å²) >= 11 is 0. The molecule has 0 saturated heterocycles. The van der Waals surface area contributed by atoms with Gasteiger partial charge in [-0.1, -0.05) is 11.2 Å². The second-order valence-electron chi connectivity index (χ2n) is 7.86. The number of hydrogen-bond donors (Lipinski definition) is 1. The molecule has 1 aromatic heterocycles. The van der Waals surface area contributed by atoms with Crippen LogP contribution in [-0.4, -0.2) is 35.5 Å². The molecule has 34 heavy (non-hydrogen) atoms. The maximum atomic E-state index is 15.1. The summed E-state index contributed by atoms with van der Waals surface area (Å²) in [5.41, 5.74) is 2.90. The van der Waals surface area contributed by atoms with E-state index in [1.807, 2.05) is 6.92 Å². The van der Waals surface area contributed by atoms with Crippen LogP contribution in [0.2, 0.25) is 0 Å². The highest BCUT2D eigenvalue weighted by molar-refractivity contribution is 6.02. The van der Waals surface area contributed by atoms with Crippen LogP contribution in [0, 0.1) is 25.5 Å². The summed E-state index contributed by atoms with van der Waals surface area (Å²) in [4.78, 5) is 20.1. The van der Waals surface area contributed by atoms with Crippen molar-refractivity contribution in [3.05, 3.63) is 70.4 Å². The first-order valence-corrected chi connectivity index (χ1v) is 10.5. The predicted molar refractivity (Wildman–Crippen MR) is 120 cm³/mol. The Morgan fingerprint density at radius 1 is 1.12 bits per heavy atom. The summed E-state index contributed by atoms with van der Waals surface area (Å²) in [5, 5.41) is 13.9. The molecule has 0 atom stereocenters. The molecule has 0 spiro atoms. The summed E-state index contributed by atoms with van der Waals surface area (Å²) in [6.45, 7) is 3.39. The highest BCUT2D eigenvalue weighted by Gasteiger charge is 2.21. The van der Waals surface area contributed by atoms with E-state index in [9.17, 15) is 14.3 Å². The molecule has 3 aromatic rings. The number of carbonyl (C=O) groups excluding carboxylic acids is 1. The van der Waals surface area contributed by atoms with Gasteiger partial charge in [-0.15, -0.1) is 0 Å². The van der Waals surface area contributed by atoms with E-state index in [0.717, 1.165) is 5.56 Å². The molecule has 4 rings (SSSR count). The summed E-state index contributed by atoms with van der Waals surface area (Å²) < 4.78 is 40.3. The number of carbonyl (C=O) groups is 1. The molecule has 0 fully saturated rings. The lowest BCUT2D eigenvalue weighted by Crippen LogP contribution is -2.12. The molecule has 1 N–H and O–H groups in total. The van der Waals surface area contributed by atoms with E-state index in [1.54, 1.807) is 25.1 Å². The Morgan fingerprint density at radius 2 is 1.91 bits per heavy atom. The molecule has 0 bridgehead atoms. The third-order valence-corrected chi connectivity index (χ3v) is 5.57. The zero-order valence-corrected chi connectivity index (χ0v) is 18.8. The van der Waals surface area contributed by atoms with Crippen molar-refractivity contribution in [3.63, 3.8) is 0 Å². The Kier molecular flexibility index (Phi) is 6.45. The summed E-state index contributed by atoms with van der Waals surface area (Å²) in [6.07, 6.45) is 0.267. The Morgan fingerprint density at radius 3 is 2.62 bits per heavy atom. The van der Waals surface area contributed by atoms with Crippen LogP contribution in [0.5, 0.6) is 17.2 Å². The molecule has 0 saturated carbocycles. The molecule has 1 aliphatic rings. The fourth-order valence-electron chi connectivity index (χ4n) is 3.74. The first kappa shape index (κ1) is 23.2. The van der Waals surface area contributed by atoms with Gasteiger partial charge < -0.3 is 19.4 Å². The third-order valence-electron chi connectivity index (χ3n) is 5.57. The minimum Gasteiger partial charge on any atom is -0.506 e. The molecule has 0 radical (unpaired) electrons. The number of aromatic nitrogens is 1. The zero-order valence-electron chi connectivity index (χ0n) is 18.8. The SMILES string of the molecule is COc1cccc(-c2nc(Cc3c(C)cc(OCC4=NOC(=O)C4)c(F)c3C)ccc2O)c1F. The van der Waals surface area contributed by atoms with Gasteiger partial charge >= 0.3 is 5.97 Å². The first-order valence-electron chi connectivity index (χ1n) is 10.5. The number of aryl methyl sites for hydroxylation is 1. The average molecular weight is 468 g/mol. The molecule has 1 aliphatic heterocycles. The lowest BCUT2D eigenvalue weighted by Gasteiger charge is -2.16. The van der Waals surface area contributed by atoms with Crippen LogP contribution in [0.25, 0.3) is 11.3 Å². The summed E-state index contributed by atoms with van der Waals surface area (Å²) in [6, 6.07) is 9.18. The minimum atomic E-state index is -0.635. The second-order valence-corrected chi connectivity index (χ2v) is 7.86. The van der Waals surface area contributed by atoms with Crippen LogP contribution in [-0.2, 0) is 16.1 Å². The fourth-order valence-corrected chi connectivity index (χ4v) is 3.74. The van der Waals surface area contributed by atoms with Crippen molar-refractivity contribution in [1.29, 1.82) is 0 Å². The van der Waals surface area contributed by atoms with Gasteiger partial charge in [0.15, 0.2) is 23.1 Å². The highest BCUT2D eigenvalue weighted by atomic mass is 19.1. The van der Waals surface area contributed by atoms with Gasteiger partial charge in [0.2, 0.25) is 0 Å². The predicted octanol–water partition coefficient (Wildman–Crippen LogP) is 4.63. The highest BCUT2D eigenvalue weighted by Crippen LogP contribution is 2.34. The number of rotatable bonds is 7. The molecule has 9 heteroatoms. The van der Waals surface area contributed by atoms with Crippen LogP contribution < -0.4 is 9.47 Å². The largest absolute Gasteiger partial charge is 0.506 e. The van der Waals surface area contributed by atoms with E-state index >= 15 is 4.39 Å². The monoisotopic (exact) mass is 468 g/mol. The summed E-state index contributed by atoms with van der Waals surface area (Å²) in [5.74, 6) is -1.76. The van der Waals surface area contributed by atoms with Crippen LogP contribution in [0.3, 0.4) is 0 Å². The van der Waals surface area contributed by atoms with Gasteiger partial charge in [-0.25, -0.2) is 18.6 Å². The van der Waals surface area contributed by atoms with E-state index in [-0.39, 0.29) is 48.0 Å². The quantitative estimate of drug-likeness (QED) is 0.509. The molecule has 176 valence electrons. The molecule has 0 unspecified atom stereocenters. The van der Waals surface area contributed by atoms with Crippen LogP contribution in [0.1, 0.15) is 28.8 Å². The molecule has 0 amide bonds. The van der Waals surface area contributed by atoms with E-state index in [4.69, 9.17) is 9.47 Å². The number of benzene rings is 2. The fraction of sp³-hybridized carbons (Fsp3) is 0.240. The number of halogens is 2. The van der Waals surface area contributed by atoms with Gasteiger partial charge in [-0.2, -0.15) is 0 Å². The number of aromatic hydroxyl groups is 1. The average Bonchev–Trinajstić information content (AvgIpc) is 3.24. The Bertz CT molecular complexity index is 1310. The summed E-state index contributed by atoms with van der Waals surface area (Å²) in [7, 11) is 1.36. The van der Waals surface area contributed by atoms with Gasteiger partial charge in [-0.05, 0) is 60.9 Å². The lowest BCUT2D eigenvalue weighted by atomic mass is 9.96. The zero-order chi connectivity index (χ0) is 24.4. The van der Waals surface area contributed by atoms with Crippen molar-refractivity contribution >= 4 is 11.7 Å². The van der Waals surface area contributed by atoms with E-state index in [1.165, 1.54) is 25.3 Å². The number of ether oxygens (including phenoxy) is 2. The van der Waals surface area contributed by atoms with Crippen molar-refractivity contribution in [2.45, 2.75) is 26.7 Å². The molecule has 7 nitrogen and oxygen atoms in total. The Hall–Kier alpha value is -4.01. The number of oxime groups is 1. The second kappa shape index (κ2) is 9.46. The van der Waals surface area contributed by atoms with Gasteiger partial charge in [-0.3, -0.25) is 0 Å². The number of nitrogens with zero attached hydrogens (tertiary/aromatic N) is 2. The Labute approximate surface area is 194 Å². The molecular weight excluding hydrogens is 446 g/mol. The van der Waals surface area contributed by atoms with E-state index in [2.05, 4.69) is 15.0 Å². The topological polar surface area (TPSA) is 90.2 Å². The smallest absolute Gasteiger partial charge is 0.340 e. The first-order chi connectivity index (χ1) is 16.3.